The molecule has 2 rings (SSSR count). The number of rotatable bonds is 6. The molecule has 1 aliphatic heterocycles. The Morgan fingerprint density at radius 1 is 1.33 bits per heavy atom. The second kappa shape index (κ2) is 7.71. The van der Waals surface area contributed by atoms with Gasteiger partial charge in [0, 0.05) is 12.5 Å². The Kier molecular flexibility index (Phi) is 5.89. The minimum absolute atomic E-state index is 0.149. The Hall–Kier alpha value is -2.00. The van der Waals surface area contributed by atoms with Crippen molar-refractivity contribution in [1.82, 2.24) is 0 Å². The summed E-state index contributed by atoms with van der Waals surface area (Å²) in [4.78, 5) is 36.2. The van der Waals surface area contributed by atoms with Gasteiger partial charge in [-0.05, 0) is 30.2 Å². The van der Waals surface area contributed by atoms with Crippen molar-refractivity contribution in [3.05, 3.63) is 29.8 Å². The summed E-state index contributed by atoms with van der Waals surface area (Å²) in [6, 6.07) is 2.37. The Balaban J connectivity index is 2.07. The average Bonchev–Trinajstić information content (AvgIpc) is 2.72. The highest BCUT2D eigenvalue weighted by molar-refractivity contribution is 7.92. The van der Waals surface area contributed by atoms with Gasteiger partial charge in [0.2, 0.25) is 17.6 Å². The van der Waals surface area contributed by atoms with Crippen LogP contribution in [0.4, 0.5) is 14.5 Å². The molecule has 1 aliphatic rings. The molecule has 1 fully saturated rings. The number of anilines is 1. The largest absolute Gasteiger partial charge is 0.616 e. The third-order valence-corrected chi connectivity index (χ3v) is 4.65. The van der Waals surface area contributed by atoms with Crippen LogP contribution in [-0.4, -0.2) is 40.4 Å². The number of carbonyl (C=O) groups is 3. The van der Waals surface area contributed by atoms with Gasteiger partial charge < -0.3 is 9.29 Å². The Bertz CT molecular complexity index is 649. The molecule has 0 saturated carbocycles. The first-order valence-corrected chi connectivity index (χ1v) is 8.64. The number of esters is 1. The number of nitrogens with zero attached hydrogens (tertiary/aromatic N) is 1. The fourth-order valence-electron chi connectivity index (χ4n) is 2.38. The van der Waals surface area contributed by atoms with E-state index in [-0.39, 0.29) is 30.2 Å². The summed E-state index contributed by atoms with van der Waals surface area (Å²) in [5.74, 6) is -5.29. The summed E-state index contributed by atoms with van der Waals surface area (Å²) in [6.07, 6.45) is -0.231. The summed E-state index contributed by atoms with van der Waals surface area (Å²) in [5, 5.41) is 0. The number of hydrogen-bond donors (Lipinski definition) is 0. The van der Waals surface area contributed by atoms with Gasteiger partial charge in [0.05, 0.1) is 18.2 Å². The molecular weight excluding hydrogens is 344 g/mol. The van der Waals surface area contributed by atoms with E-state index in [0.717, 1.165) is 12.1 Å². The first-order chi connectivity index (χ1) is 11.3. The van der Waals surface area contributed by atoms with Crippen LogP contribution < -0.4 is 4.90 Å². The van der Waals surface area contributed by atoms with Crippen LogP contribution in [0, 0.1) is 17.6 Å². The minimum atomic E-state index is -1.68. The predicted molar refractivity (Wildman–Crippen MR) is 81.5 cm³/mol. The number of halogens is 2. The lowest BCUT2D eigenvalue weighted by atomic mass is 10.1. The first kappa shape index (κ1) is 18.3. The summed E-state index contributed by atoms with van der Waals surface area (Å²) in [5.41, 5.74) is -0.207. The molecule has 9 heteroatoms. The van der Waals surface area contributed by atoms with Crippen molar-refractivity contribution in [3.63, 3.8) is 0 Å². The molecule has 0 aliphatic carbocycles. The topological polar surface area (TPSA) is 86.7 Å². The highest BCUT2D eigenvalue weighted by Gasteiger charge is 2.42. The van der Waals surface area contributed by atoms with Gasteiger partial charge in [-0.25, -0.2) is 18.5 Å². The van der Waals surface area contributed by atoms with E-state index in [4.69, 9.17) is 0 Å². The van der Waals surface area contributed by atoms with Gasteiger partial charge in [-0.2, -0.15) is 0 Å². The normalized spacial score (nSPS) is 18.8. The SMILES string of the molecule is CCOC(=O)C[S+]([O-])CC1CC(=O)N(c2cc(F)cc(F)c2)C1=O. The lowest BCUT2D eigenvalue weighted by molar-refractivity contribution is -0.140. The molecule has 1 aromatic carbocycles. The Morgan fingerprint density at radius 3 is 2.54 bits per heavy atom. The van der Waals surface area contributed by atoms with Crippen LogP contribution >= 0.6 is 0 Å². The first-order valence-electron chi connectivity index (χ1n) is 7.15. The molecule has 0 spiro atoms. The smallest absolute Gasteiger partial charge is 0.356 e. The van der Waals surface area contributed by atoms with Gasteiger partial charge in [0.15, 0.2) is 0 Å². The maximum Gasteiger partial charge on any atom is 0.356 e. The molecule has 1 heterocycles. The van der Waals surface area contributed by atoms with Crippen molar-refractivity contribution in [3.8, 4) is 0 Å². The standard InChI is InChI=1S/C15H15F2NO5S/c1-2-23-14(20)8-24(22)7-9-3-13(19)18(15(9)21)12-5-10(16)4-11(17)6-12/h4-6,9H,2-3,7-8H2,1H3. The molecule has 130 valence electrons. The summed E-state index contributed by atoms with van der Waals surface area (Å²) < 4.78 is 43.1. The molecule has 1 saturated heterocycles. The third kappa shape index (κ3) is 4.30. The highest BCUT2D eigenvalue weighted by Crippen LogP contribution is 2.28. The fraction of sp³-hybridized carbons (Fsp3) is 0.400. The van der Waals surface area contributed by atoms with Gasteiger partial charge in [0.1, 0.15) is 17.4 Å². The van der Waals surface area contributed by atoms with Crippen LogP contribution in [0.2, 0.25) is 0 Å². The van der Waals surface area contributed by atoms with Gasteiger partial charge in [-0.1, -0.05) is 0 Å². The maximum absolute atomic E-state index is 13.3. The highest BCUT2D eigenvalue weighted by atomic mass is 32.2. The Morgan fingerprint density at radius 2 is 1.96 bits per heavy atom. The monoisotopic (exact) mass is 359 g/mol. The van der Waals surface area contributed by atoms with Crippen LogP contribution in [0.3, 0.4) is 0 Å². The second-order valence-corrected chi connectivity index (χ2v) is 6.65. The summed E-state index contributed by atoms with van der Waals surface area (Å²) in [7, 11) is 0. The van der Waals surface area contributed by atoms with Gasteiger partial charge in [-0.15, -0.1) is 0 Å². The maximum atomic E-state index is 13.3. The number of ether oxygens (including phenoxy) is 1. The van der Waals surface area contributed by atoms with Crippen LogP contribution in [-0.2, 0) is 30.3 Å². The van der Waals surface area contributed by atoms with Crippen molar-refractivity contribution in [1.29, 1.82) is 0 Å². The van der Waals surface area contributed by atoms with Gasteiger partial charge >= 0.3 is 5.97 Å². The molecule has 1 aromatic rings. The zero-order valence-electron chi connectivity index (χ0n) is 12.8. The van der Waals surface area contributed by atoms with E-state index in [1.54, 1.807) is 6.92 Å². The van der Waals surface area contributed by atoms with Crippen molar-refractivity contribution >= 4 is 34.6 Å². The second-order valence-electron chi connectivity index (χ2n) is 5.15. The lowest BCUT2D eigenvalue weighted by Crippen LogP contribution is -2.33. The lowest BCUT2D eigenvalue weighted by Gasteiger charge is -2.16. The van der Waals surface area contributed by atoms with E-state index >= 15 is 0 Å². The number of hydrogen-bond acceptors (Lipinski definition) is 5. The third-order valence-electron chi connectivity index (χ3n) is 3.32. The Labute approximate surface area is 139 Å². The molecule has 24 heavy (non-hydrogen) atoms. The molecule has 0 N–H and O–H groups in total. The van der Waals surface area contributed by atoms with E-state index in [1.165, 1.54) is 0 Å². The number of imide groups is 1. The van der Waals surface area contributed by atoms with Crippen molar-refractivity contribution in [2.24, 2.45) is 5.92 Å². The molecule has 0 radical (unpaired) electrons. The van der Waals surface area contributed by atoms with Crippen LogP contribution in [0.15, 0.2) is 18.2 Å². The number of benzene rings is 1. The quantitative estimate of drug-likeness (QED) is 0.432. The van der Waals surface area contributed by atoms with Gasteiger partial charge in [0.25, 0.3) is 0 Å². The van der Waals surface area contributed by atoms with E-state index in [1.807, 2.05) is 0 Å². The molecular formula is C15H15F2NO5S. The van der Waals surface area contributed by atoms with E-state index < -0.39 is 46.5 Å². The summed E-state index contributed by atoms with van der Waals surface area (Å²) in [6.45, 7) is 1.76. The van der Waals surface area contributed by atoms with Crippen molar-refractivity contribution in [2.75, 3.05) is 23.0 Å². The van der Waals surface area contributed by atoms with E-state index in [9.17, 15) is 27.7 Å². The van der Waals surface area contributed by atoms with E-state index in [2.05, 4.69) is 4.74 Å². The predicted octanol–water partition coefficient (Wildman–Crippen LogP) is 1.16. The number of amides is 2. The molecule has 2 amide bonds. The van der Waals surface area contributed by atoms with Crippen molar-refractivity contribution < 1.29 is 32.5 Å². The molecule has 0 aromatic heterocycles. The zero-order chi connectivity index (χ0) is 17.9. The van der Waals surface area contributed by atoms with Gasteiger partial charge in [-0.3, -0.25) is 9.59 Å². The molecule has 0 bridgehead atoms. The van der Waals surface area contributed by atoms with Crippen molar-refractivity contribution in [2.45, 2.75) is 13.3 Å². The van der Waals surface area contributed by atoms with Crippen LogP contribution in [0.5, 0.6) is 0 Å². The minimum Gasteiger partial charge on any atom is -0.616 e. The van der Waals surface area contributed by atoms with Crippen LogP contribution in [0.25, 0.3) is 0 Å². The summed E-state index contributed by atoms with van der Waals surface area (Å²) >= 11 is -1.68. The zero-order valence-corrected chi connectivity index (χ0v) is 13.6. The molecule has 2 unspecified atom stereocenters. The average molecular weight is 359 g/mol. The fourth-order valence-corrected chi connectivity index (χ4v) is 3.56. The number of carbonyl (C=O) groups excluding carboxylic acids is 3. The van der Waals surface area contributed by atoms with E-state index in [0.29, 0.717) is 11.0 Å². The molecule has 2 atom stereocenters. The molecule has 6 nitrogen and oxygen atoms in total. The van der Waals surface area contributed by atoms with Crippen LogP contribution in [0.1, 0.15) is 13.3 Å².